The molecular formula is C19H17ClFNO4. The van der Waals surface area contributed by atoms with Gasteiger partial charge in [0.15, 0.2) is 12.4 Å². The average molecular weight is 378 g/mol. The number of ether oxygens (including phenoxy) is 1. The molecule has 0 unspecified atom stereocenters. The van der Waals surface area contributed by atoms with Gasteiger partial charge in [0.1, 0.15) is 5.82 Å². The maximum atomic E-state index is 12.8. The molecule has 0 fully saturated rings. The Morgan fingerprint density at radius 1 is 1.00 bits per heavy atom. The lowest BCUT2D eigenvalue weighted by Gasteiger charge is -2.08. The number of nitrogens with one attached hydrogen (secondary N) is 1. The zero-order chi connectivity index (χ0) is 18.9. The van der Waals surface area contributed by atoms with Crippen molar-refractivity contribution in [3.63, 3.8) is 0 Å². The number of amides is 1. The van der Waals surface area contributed by atoms with Gasteiger partial charge in [-0.05, 0) is 35.9 Å². The predicted molar refractivity (Wildman–Crippen MR) is 94.2 cm³/mol. The minimum Gasteiger partial charge on any atom is -0.456 e. The Kier molecular flexibility index (Phi) is 7.29. The quantitative estimate of drug-likeness (QED) is 0.566. The number of ketones is 1. The van der Waals surface area contributed by atoms with E-state index in [0.29, 0.717) is 10.6 Å². The third kappa shape index (κ3) is 6.29. The summed E-state index contributed by atoms with van der Waals surface area (Å²) in [5, 5.41) is 3.12. The van der Waals surface area contributed by atoms with Crippen LogP contribution in [0.25, 0.3) is 0 Å². The van der Waals surface area contributed by atoms with Crippen LogP contribution in [0.5, 0.6) is 0 Å². The summed E-state index contributed by atoms with van der Waals surface area (Å²) in [5.74, 6) is -1.87. The zero-order valence-corrected chi connectivity index (χ0v) is 14.6. The first-order valence-electron chi connectivity index (χ1n) is 7.90. The molecule has 0 saturated heterocycles. The van der Waals surface area contributed by atoms with Crippen LogP contribution in [0.2, 0.25) is 5.02 Å². The van der Waals surface area contributed by atoms with Crippen LogP contribution >= 0.6 is 11.6 Å². The lowest BCUT2D eigenvalue weighted by atomic mass is 10.1. The van der Waals surface area contributed by atoms with Gasteiger partial charge >= 0.3 is 5.97 Å². The van der Waals surface area contributed by atoms with Crippen LogP contribution in [-0.2, 0) is 20.9 Å². The van der Waals surface area contributed by atoms with Crippen LogP contribution in [0.1, 0.15) is 28.8 Å². The molecule has 26 heavy (non-hydrogen) atoms. The number of hydrogen-bond donors (Lipinski definition) is 1. The van der Waals surface area contributed by atoms with Crippen molar-refractivity contribution in [1.29, 1.82) is 0 Å². The van der Waals surface area contributed by atoms with Crippen molar-refractivity contribution in [2.75, 3.05) is 6.61 Å². The summed E-state index contributed by atoms with van der Waals surface area (Å²) in [6, 6.07) is 12.1. The molecule has 5 nitrogen and oxygen atoms in total. The Bertz CT molecular complexity index is 792. The molecule has 0 aliphatic carbocycles. The van der Waals surface area contributed by atoms with Gasteiger partial charge in [-0.3, -0.25) is 14.4 Å². The Labute approximate surface area is 155 Å². The van der Waals surface area contributed by atoms with Crippen LogP contribution in [-0.4, -0.2) is 24.3 Å². The minimum atomic E-state index is -0.659. The van der Waals surface area contributed by atoms with Crippen molar-refractivity contribution in [2.45, 2.75) is 19.4 Å². The molecule has 0 aliphatic heterocycles. The second-order valence-corrected chi connectivity index (χ2v) is 5.87. The van der Waals surface area contributed by atoms with Gasteiger partial charge in [0.2, 0.25) is 0 Å². The third-order valence-electron chi connectivity index (χ3n) is 3.52. The molecule has 0 spiro atoms. The summed E-state index contributed by atoms with van der Waals surface area (Å²) < 4.78 is 17.6. The van der Waals surface area contributed by atoms with E-state index in [4.69, 9.17) is 16.3 Å². The largest absolute Gasteiger partial charge is 0.456 e. The summed E-state index contributed by atoms with van der Waals surface area (Å²) >= 11 is 5.98. The summed E-state index contributed by atoms with van der Waals surface area (Å²) in [7, 11) is 0. The highest BCUT2D eigenvalue weighted by molar-refractivity contribution is 6.31. The molecule has 1 N–H and O–H groups in total. The molecule has 7 heteroatoms. The molecule has 0 radical (unpaired) electrons. The summed E-state index contributed by atoms with van der Waals surface area (Å²) in [4.78, 5) is 35.2. The topological polar surface area (TPSA) is 72.5 Å². The van der Waals surface area contributed by atoms with Crippen LogP contribution in [0.15, 0.2) is 48.5 Å². The molecule has 1 amide bonds. The van der Waals surface area contributed by atoms with E-state index in [1.54, 1.807) is 24.3 Å². The van der Waals surface area contributed by atoms with Crippen molar-refractivity contribution >= 4 is 29.3 Å². The molecule has 0 heterocycles. The molecule has 2 aromatic carbocycles. The van der Waals surface area contributed by atoms with Gasteiger partial charge in [0.25, 0.3) is 5.91 Å². The normalized spacial score (nSPS) is 10.2. The van der Waals surface area contributed by atoms with Crippen LogP contribution < -0.4 is 5.32 Å². The predicted octanol–water partition coefficient (Wildman–Crippen LogP) is 3.30. The maximum Gasteiger partial charge on any atom is 0.306 e. The standard InChI is InChI=1S/C19H17ClFNO4/c20-16-4-2-1-3-14(16)11-22-18(24)12-26-19(25)10-9-17(23)13-5-7-15(21)8-6-13/h1-8H,9-12H2,(H,22,24). The molecule has 0 saturated carbocycles. The fraction of sp³-hybridized carbons (Fsp3) is 0.211. The monoisotopic (exact) mass is 377 g/mol. The Balaban J connectivity index is 1.68. The van der Waals surface area contributed by atoms with Crippen molar-refractivity contribution < 1.29 is 23.5 Å². The number of halogens is 2. The SMILES string of the molecule is O=C(COC(=O)CCC(=O)c1ccc(F)cc1)NCc1ccccc1Cl. The molecule has 0 aliphatic rings. The zero-order valence-electron chi connectivity index (χ0n) is 13.8. The van der Waals surface area contributed by atoms with Gasteiger partial charge in [-0.15, -0.1) is 0 Å². The van der Waals surface area contributed by atoms with E-state index in [9.17, 15) is 18.8 Å². The van der Waals surface area contributed by atoms with Crippen molar-refractivity contribution in [1.82, 2.24) is 5.32 Å². The molecule has 0 bridgehead atoms. The number of Topliss-reactive ketones (excluding diaryl/α,β-unsaturated/α-hetero) is 1. The molecular weight excluding hydrogens is 361 g/mol. The van der Waals surface area contributed by atoms with Crippen LogP contribution in [0, 0.1) is 5.82 Å². The lowest BCUT2D eigenvalue weighted by Crippen LogP contribution is -2.28. The molecule has 136 valence electrons. The molecule has 0 aromatic heterocycles. The van der Waals surface area contributed by atoms with E-state index in [1.165, 1.54) is 24.3 Å². The summed E-state index contributed by atoms with van der Waals surface area (Å²) in [6.07, 6.45) is -0.236. The summed E-state index contributed by atoms with van der Waals surface area (Å²) in [5.41, 5.74) is 1.07. The second kappa shape index (κ2) is 9.68. The highest BCUT2D eigenvalue weighted by Gasteiger charge is 2.12. The van der Waals surface area contributed by atoms with Gasteiger partial charge in [-0.25, -0.2) is 4.39 Å². The fourth-order valence-electron chi connectivity index (χ4n) is 2.10. The molecule has 2 rings (SSSR count). The van der Waals surface area contributed by atoms with Crippen molar-refractivity contribution in [3.8, 4) is 0 Å². The average Bonchev–Trinajstić information content (AvgIpc) is 2.64. The Hall–Kier alpha value is -2.73. The first-order valence-corrected chi connectivity index (χ1v) is 8.28. The smallest absolute Gasteiger partial charge is 0.306 e. The van der Waals surface area contributed by atoms with Gasteiger partial charge in [-0.2, -0.15) is 0 Å². The number of rotatable bonds is 8. The van der Waals surface area contributed by atoms with Gasteiger partial charge in [-0.1, -0.05) is 29.8 Å². The third-order valence-corrected chi connectivity index (χ3v) is 3.89. The van der Waals surface area contributed by atoms with Gasteiger partial charge < -0.3 is 10.1 Å². The van der Waals surface area contributed by atoms with E-state index in [2.05, 4.69) is 5.32 Å². The molecule has 0 atom stereocenters. The van der Waals surface area contributed by atoms with E-state index in [0.717, 1.165) is 5.56 Å². The van der Waals surface area contributed by atoms with Crippen molar-refractivity contribution in [3.05, 3.63) is 70.5 Å². The van der Waals surface area contributed by atoms with E-state index in [1.807, 2.05) is 0 Å². The van der Waals surface area contributed by atoms with E-state index < -0.39 is 24.3 Å². The highest BCUT2D eigenvalue weighted by Crippen LogP contribution is 2.14. The second-order valence-electron chi connectivity index (χ2n) is 5.46. The number of benzene rings is 2. The van der Waals surface area contributed by atoms with Crippen molar-refractivity contribution in [2.24, 2.45) is 0 Å². The first-order chi connectivity index (χ1) is 12.5. The maximum absolute atomic E-state index is 12.8. The lowest BCUT2D eigenvalue weighted by molar-refractivity contribution is -0.148. The fourth-order valence-corrected chi connectivity index (χ4v) is 2.30. The number of esters is 1. The highest BCUT2D eigenvalue weighted by atomic mass is 35.5. The van der Waals surface area contributed by atoms with E-state index in [-0.39, 0.29) is 25.2 Å². The minimum absolute atomic E-state index is 0.0777. The number of carbonyl (C=O) groups is 3. The van der Waals surface area contributed by atoms with Crippen LogP contribution in [0.3, 0.4) is 0 Å². The van der Waals surface area contributed by atoms with Crippen LogP contribution in [0.4, 0.5) is 4.39 Å². The number of carbonyl (C=O) groups excluding carboxylic acids is 3. The van der Waals surface area contributed by atoms with Gasteiger partial charge in [0, 0.05) is 23.6 Å². The Morgan fingerprint density at radius 2 is 1.69 bits per heavy atom. The first kappa shape index (κ1) is 19.6. The van der Waals surface area contributed by atoms with Gasteiger partial charge in [0.05, 0.1) is 6.42 Å². The molecule has 2 aromatic rings. The van der Waals surface area contributed by atoms with E-state index >= 15 is 0 Å². The summed E-state index contributed by atoms with van der Waals surface area (Å²) in [6.45, 7) is -0.215. The Morgan fingerprint density at radius 3 is 2.38 bits per heavy atom. The number of hydrogen-bond acceptors (Lipinski definition) is 4.